The van der Waals surface area contributed by atoms with Crippen molar-refractivity contribution in [2.75, 3.05) is 60.0 Å². The fraction of sp³-hybridized carbons (Fsp3) is 0.550. The largest absolute Gasteiger partial charge is 0.501 e. The summed E-state index contributed by atoms with van der Waals surface area (Å²) in [6, 6.07) is 8.85. The maximum Gasteiger partial charge on any atom is 0.251 e. The Morgan fingerprint density at radius 1 is 1.13 bits per heavy atom. The number of likely N-dealkylation sites (tertiary alicyclic amines) is 1. The molecule has 53 heavy (non-hydrogen) atoms. The minimum absolute atomic E-state index is 0.0824. The molecule has 0 spiro atoms. The predicted octanol–water partition coefficient (Wildman–Crippen LogP) is 4.26. The van der Waals surface area contributed by atoms with E-state index in [4.69, 9.17) is 9.47 Å². The first kappa shape index (κ1) is 37.2. The standard InChI is InChI=1S/C40H53FN8O4/c1-6-42-39(53-5)48-18-16-47(17-19-48)38(51)33-12-10-29(23-49(33)24-31-34(52-4)8-7-14-40(41)22-25(2)35(31)40)44-37(50)28-9-11-32-30(21-28)36(46-45-32)27-13-15-43-26(3)20-27/h7-9,11,13-15,20-21,25,29,31,33,35,39,42H,6,10,12,16-19,22-24H2,1-5H3,(H,44,50)(H,45,46). The highest BCUT2D eigenvalue weighted by atomic mass is 19.1. The first-order chi connectivity index (χ1) is 25.6. The van der Waals surface area contributed by atoms with Gasteiger partial charge in [-0.3, -0.25) is 34.8 Å². The van der Waals surface area contributed by atoms with E-state index in [1.54, 1.807) is 38.6 Å². The van der Waals surface area contributed by atoms with Crippen molar-refractivity contribution in [3.8, 4) is 11.3 Å². The molecule has 7 atom stereocenters. The van der Waals surface area contributed by atoms with Crippen LogP contribution in [0, 0.1) is 24.7 Å². The van der Waals surface area contributed by atoms with Crippen LogP contribution in [0.5, 0.6) is 0 Å². The van der Waals surface area contributed by atoms with Crippen molar-refractivity contribution in [1.82, 2.24) is 40.5 Å². The zero-order chi connectivity index (χ0) is 37.3. The molecule has 0 bridgehead atoms. The van der Waals surface area contributed by atoms with E-state index in [0.717, 1.165) is 40.2 Å². The second kappa shape index (κ2) is 15.7. The second-order valence-corrected chi connectivity index (χ2v) is 15.1. The van der Waals surface area contributed by atoms with Crippen LogP contribution in [0.3, 0.4) is 0 Å². The summed E-state index contributed by atoms with van der Waals surface area (Å²) in [5, 5.41) is 15.1. The minimum Gasteiger partial charge on any atom is -0.501 e. The number of carbonyl (C=O) groups excluding carboxylic acids is 2. The highest BCUT2D eigenvalue weighted by Crippen LogP contribution is 2.54. The van der Waals surface area contributed by atoms with Gasteiger partial charge in [-0.15, -0.1) is 0 Å². The number of pyridine rings is 1. The lowest BCUT2D eigenvalue weighted by atomic mass is 9.58. The number of H-pyrrole nitrogens is 1. The fourth-order valence-electron chi connectivity index (χ4n) is 9.16. The summed E-state index contributed by atoms with van der Waals surface area (Å²) in [6.07, 6.45) is 8.58. The monoisotopic (exact) mass is 728 g/mol. The SMILES string of the molecule is CCNC(OC)N1CCN(C(=O)C2CCC(NC(=O)c3ccc4[nH]nc(-c5ccnc(C)c5)c4c3)CN2CC2C(OC)=CC=CC3(F)CC(C)C23)CC1. The van der Waals surface area contributed by atoms with Gasteiger partial charge in [-0.25, -0.2) is 4.39 Å². The van der Waals surface area contributed by atoms with Crippen molar-refractivity contribution in [3.63, 3.8) is 0 Å². The van der Waals surface area contributed by atoms with E-state index >= 15 is 4.39 Å². The molecular formula is C40H53FN8O4. The van der Waals surface area contributed by atoms with Crippen LogP contribution in [0.2, 0.25) is 0 Å². The number of nitrogens with zero attached hydrogens (tertiary/aromatic N) is 5. The molecule has 1 saturated carbocycles. The van der Waals surface area contributed by atoms with Crippen LogP contribution in [0.4, 0.5) is 4.39 Å². The van der Waals surface area contributed by atoms with Crippen molar-refractivity contribution in [2.24, 2.45) is 17.8 Å². The van der Waals surface area contributed by atoms with Crippen molar-refractivity contribution < 1.29 is 23.5 Å². The Morgan fingerprint density at radius 2 is 1.94 bits per heavy atom. The van der Waals surface area contributed by atoms with Gasteiger partial charge < -0.3 is 19.7 Å². The molecular weight excluding hydrogens is 675 g/mol. The lowest BCUT2D eigenvalue weighted by molar-refractivity contribution is -0.144. The van der Waals surface area contributed by atoms with E-state index in [2.05, 4.69) is 42.5 Å². The highest BCUT2D eigenvalue weighted by Gasteiger charge is 2.56. The summed E-state index contributed by atoms with van der Waals surface area (Å²) in [6.45, 7) is 10.4. The number of aromatic amines is 1. The van der Waals surface area contributed by atoms with Gasteiger partial charge in [0.05, 0.1) is 18.7 Å². The molecule has 7 rings (SSSR count). The summed E-state index contributed by atoms with van der Waals surface area (Å²) >= 11 is 0. The van der Waals surface area contributed by atoms with Gasteiger partial charge in [-0.05, 0) is 81.1 Å². The zero-order valence-corrected chi connectivity index (χ0v) is 31.5. The Balaban J connectivity index is 1.11. The Bertz CT molecular complexity index is 1860. The number of amides is 2. The maximum absolute atomic E-state index is 16.2. The molecule has 2 aliphatic carbocycles. The number of alkyl halides is 1. The van der Waals surface area contributed by atoms with Gasteiger partial charge in [0.25, 0.3) is 5.91 Å². The van der Waals surface area contributed by atoms with Gasteiger partial charge in [-0.2, -0.15) is 5.10 Å². The van der Waals surface area contributed by atoms with Crippen LogP contribution in [0.15, 0.2) is 60.5 Å². The number of ether oxygens (including phenoxy) is 2. The molecule has 3 fully saturated rings. The molecule has 284 valence electrons. The van der Waals surface area contributed by atoms with E-state index in [9.17, 15) is 9.59 Å². The smallest absolute Gasteiger partial charge is 0.251 e. The number of fused-ring (bicyclic) bond motifs is 2. The summed E-state index contributed by atoms with van der Waals surface area (Å²) in [5.41, 5.74) is 2.53. The number of benzene rings is 1. The van der Waals surface area contributed by atoms with Crippen LogP contribution in [0.25, 0.3) is 22.2 Å². The molecule has 1 aromatic carbocycles. The number of aromatic nitrogens is 3. The van der Waals surface area contributed by atoms with E-state index < -0.39 is 11.7 Å². The van der Waals surface area contributed by atoms with Gasteiger partial charge in [-0.1, -0.05) is 19.9 Å². The maximum atomic E-state index is 16.2. The first-order valence-electron chi connectivity index (χ1n) is 19.0. The van der Waals surface area contributed by atoms with E-state index in [-0.39, 0.29) is 42.0 Å². The number of allylic oxidation sites excluding steroid dienone is 3. The van der Waals surface area contributed by atoms with Crippen LogP contribution in [0.1, 0.15) is 49.2 Å². The summed E-state index contributed by atoms with van der Waals surface area (Å²) in [4.78, 5) is 38.9. The van der Waals surface area contributed by atoms with Gasteiger partial charge in [0.1, 0.15) is 17.1 Å². The van der Waals surface area contributed by atoms with E-state index in [1.165, 1.54) is 0 Å². The van der Waals surface area contributed by atoms with Crippen molar-refractivity contribution in [3.05, 3.63) is 71.8 Å². The van der Waals surface area contributed by atoms with Crippen LogP contribution in [-0.4, -0.2) is 126 Å². The molecule has 4 heterocycles. The molecule has 3 aromatic rings. The Hall–Kier alpha value is -4.17. The number of aryl methyl sites for hydroxylation is 1. The molecule has 7 unspecified atom stereocenters. The number of rotatable bonds is 11. The predicted molar refractivity (Wildman–Crippen MR) is 201 cm³/mol. The Kier molecular flexibility index (Phi) is 11.0. The average Bonchev–Trinajstić information content (AvgIpc) is 3.54. The Labute approximate surface area is 311 Å². The molecule has 4 aliphatic rings. The number of piperazine rings is 1. The topological polar surface area (TPSA) is 128 Å². The normalized spacial score (nSPS) is 28.5. The first-order valence-corrected chi connectivity index (χ1v) is 19.0. The molecule has 2 aromatic heterocycles. The third-order valence-corrected chi connectivity index (χ3v) is 11.8. The lowest BCUT2D eigenvalue weighted by Gasteiger charge is -2.52. The number of methoxy groups -OCH3 is 2. The molecule has 12 nitrogen and oxygen atoms in total. The van der Waals surface area contributed by atoms with Gasteiger partial charge in [0, 0.05) is 92.7 Å². The minimum atomic E-state index is -1.41. The van der Waals surface area contributed by atoms with Gasteiger partial charge in [0.15, 0.2) is 6.35 Å². The molecule has 2 aliphatic heterocycles. The summed E-state index contributed by atoms with van der Waals surface area (Å²) in [7, 11) is 3.33. The van der Waals surface area contributed by atoms with Gasteiger partial charge >= 0.3 is 0 Å². The third kappa shape index (κ3) is 7.49. The summed E-state index contributed by atoms with van der Waals surface area (Å²) < 4.78 is 27.8. The quantitative estimate of drug-likeness (QED) is 0.248. The number of nitrogens with one attached hydrogen (secondary N) is 3. The van der Waals surface area contributed by atoms with E-state index in [1.807, 2.05) is 49.1 Å². The molecule has 13 heteroatoms. The van der Waals surface area contributed by atoms with E-state index in [0.29, 0.717) is 64.1 Å². The Morgan fingerprint density at radius 3 is 2.66 bits per heavy atom. The van der Waals surface area contributed by atoms with Crippen LogP contribution >= 0.6 is 0 Å². The summed E-state index contributed by atoms with van der Waals surface area (Å²) in [5.74, 6) is 0.282. The fourth-order valence-corrected chi connectivity index (χ4v) is 9.16. The van der Waals surface area contributed by atoms with Crippen LogP contribution < -0.4 is 10.6 Å². The number of piperidine rings is 1. The molecule has 2 saturated heterocycles. The number of hydrogen-bond acceptors (Lipinski definition) is 9. The zero-order valence-electron chi connectivity index (χ0n) is 31.5. The molecule has 2 amide bonds. The van der Waals surface area contributed by atoms with Crippen LogP contribution in [-0.2, 0) is 14.3 Å². The van der Waals surface area contributed by atoms with Gasteiger partial charge in [0.2, 0.25) is 5.91 Å². The number of carbonyl (C=O) groups is 2. The number of hydrogen-bond donors (Lipinski definition) is 3. The van der Waals surface area contributed by atoms with Crippen molar-refractivity contribution in [2.45, 2.75) is 64.1 Å². The molecule has 3 N–H and O–H groups in total. The third-order valence-electron chi connectivity index (χ3n) is 11.8. The second-order valence-electron chi connectivity index (χ2n) is 15.1. The highest BCUT2D eigenvalue weighted by molar-refractivity contribution is 6.01. The lowest BCUT2D eigenvalue weighted by Crippen LogP contribution is -2.62. The van der Waals surface area contributed by atoms with Crippen molar-refractivity contribution >= 4 is 22.7 Å². The van der Waals surface area contributed by atoms with Crippen molar-refractivity contribution in [1.29, 1.82) is 0 Å². The average molecular weight is 729 g/mol. The number of halogens is 1. The molecule has 0 radical (unpaired) electrons.